The highest BCUT2D eigenvalue weighted by Crippen LogP contribution is 2.38. The van der Waals surface area contributed by atoms with Crippen molar-refractivity contribution in [3.05, 3.63) is 11.7 Å². The standard InChI is InChI=1S/C14H25N3O/c1-10-9-14(3,4)7-5-12(10)15-8-6-13-16-11(2)17-18-13/h10,12,15H,5-9H2,1-4H3. The summed E-state index contributed by atoms with van der Waals surface area (Å²) in [5.74, 6) is 2.21. The van der Waals surface area contributed by atoms with E-state index in [0.717, 1.165) is 30.6 Å². The van der Waals surface area contributed by atoms with Crippen LogP contribution in [0.2, 0.25) is 0 Å². The molecule has 0 radical (unpaired) electrons. The second-order valence-electron chi connectivity index (χ2n) is 6.43. The van der Waals surface area contributed by atoms with Gasteiger partial charge < -0.3 is 9.84 Å². The minimum atomic E-state index is 0.515. The Balaban J connectivity index is 1.74. The summed E-state index contributed by atoms with van der Waals surface area (Å²) in [5, 5.41) is 7.44. The summed E-state index contributed by atoms with van der Waals surface area (Å²) in [4.78, 5) is 4.22. The number of rotatable bonds is 4. The van der Waals surface area contributed by atoms with Crippen LogP contribution < -0.4 is 5.32 Å². The highest BCUT2D eigenvalue weighted by Gasteiger charge is 2.31. The number of nitrogens with one attached hydrogen (secondary N) is 1. The summed E-state index contributed by atoms with van der Waals surface area (Å²) >= 11 is 0. The van der Waals surface area contributed by atoms with Gasteiger partial charge in [-0.15, -0.1) is 0 Å². The monoisotopic (exact) mass is 251 g/mol. The van der Waals surface area contributed by atoms with Gasteiger partial charge in [-0.3, -0.25) is 0 Å². The summed E-state index contributed by atoms with van der Waals surface area (Å²) in [5.41, 5.74) is 0.515. The molecule has 0 bridgehead atoms. The maximum Gasteiger partial charge on any atom is 0.227 e. The van der Waals surface area contributed by atoms with E-state index in [0.29, 0.717) is 11.5 Å². The molecule has 0 saturated heterocycles. The smallest absolute Gasteiger partial charge is 0.227 e. The summed E-state index contributed by atoms with van der Waals surface area (Å²) in [6.07, 6.45) is 4.73. The van der Waals surface area contributed by atoms with E-state index in [-0.39, 0.29) is 0 Å². The lowest BCUT2D eigenvalue weighted by atomic mass is 9.70. The third-order valence-electron chi connectivity index (χ3n) is 4.01. The van der Waals surface area contributed by atoms with Crippen molar-refractivity contribution < 1.29 is 4.52 Å². The van der Waals surface area contributed by atoms with Gasteiger partial charge in [-0.25, -0.2) is 0 Å². The lowest BCUT2D eigenvalue weighted by Crippen LogP contribution is -2.42. The van der Waals surface area contributed by atoms with Gasteiger partial charge in [0.05, 0.1) is 0 Å². The van der Waals surface area contributed by atoms with E-state index in [1.807, 2.05) is 6.92 Å². The zero-order chi connectivity index (χ0) is 13.2. The van der Waals surface area contributed by atoms with Gasteiger partial charge in [-0.05, 0) is 37.5 Å². The highest BCUT2D eigenvalue weighted by molar-refractivity contribution is 4.88. The molecular formula is C14H25N3O. The number of aromatic nitrogens is 2. The predicted octanol–water partition coefficient (Wildman–Crippen LogP) is 2.72. The summed E-state index contributed by atoms with van der Waals surface area (Å²) in [6.45, 7) is 9.89. The zero-order valence-corrected chi connectivity index (χ0v) is 12.0. The van der Waals surface area contributed by atoms with Crippen LogP contribution in [-0.4, -0.2) is 22.7 Å². The molecule has 18 heavy (non-hydrogen) atoms. The fourth-order valence-electron chi connectivity index (χ4n) is 3.06. The van der Waals surface area contributed by atoms with Crippen LogP contribution >= 0.6 is 0 Å². The van der Waals surface area contributed by atoms with Crippen molar-refractivity contribution in [1.82, 2.24) is 15.5 Å². The maximum atomic E-state index is 5.11. The number of nitrogens with zero attached hydrogens (tertiary/aromatic N) is 2. The lowest BCUT2D eigenvalue weighted by Gasteiger charge is -2.39. The Bertz CT molecular complexity index is 386. The molecule has 1 aromatic heterocycles. The largest absolute Gasteiger partial charge is 0.339 e. The average Bonchev–Trinajstić information content (AvgIpc) is 2.67. The van der Waals surface area contributed by atoms with Crippen molar-refractivity contribution >= 4 is 0 Å². The molecule has 2 unspecified atom stereocenters. The topological polar surface area (TPSA) is 51.0 Å². The molecule has 1 heterocycles. The van der Waals surface area contributed by atoms with Gasteiger partial charge in [-0.1, -0.05) is 25.9 Å². The van der Waals surface area contributed by atoms with Gasteiger partial charge in [0.15, 0.2) is 5.82 Å². The van der Waals surface area contributed by atoms with Crippen LogP contribution in [0.4, 0.5) is 0 Å². The SMILES string of the molecule is Cc1noc(CCNC2CCC(C)(C)CC2C)n1. The molecule has 1 aliphatic carbocycles. The molecule has 1 N–H and O–H groups in total. The van der Waals surface area contributed by atoms with Crippen LogP contribution in [0.15, 0.2) is 4.52 Å². The van der Waals surface area contributed by atoms with Crippen molar-refractivity contribution in [2.45, 2.75) is 59.4 Å². The molecule has 0 aliphatic heterocycles. The second-order valence-corrected chi connectivity index (χ2v) is 6.43. The first-order valence-electron chi connectivity index (χ1n) is 6.99. The summed E-state index contributed by atoms with van der Waals surface area (Å²) in [6, 6.07) is 0.641. The van der Waals surface area contributed by atoms with Gasteiger partial charge in [0.1, 0.15) is 0 Å². The molecule has 2 atom stereocenters. The first-order chi connectivity index (χ1) is 8.46. The minimum absolute atomic E-state index is 0.515. The molecule has 1 saturated carbocycles. The quantitative estimate of drug-likeness (QED) is 0.894. The Hall–Kier alpha value is -0.900. The number of aryl methyl sites for hydroxylation is 1. The van der Waals surface area contributed by atoms with E-state index in [1.165, 1.54) is 19.3 Å². The molecule has 0 aromatic carbocycles. The Kier molecular flexibility index (Phi) is 4.05. The molecule has 2 rings (SSSR count). The summed E-state index contributed by atoms with van der Waals surface area (Å²) in [7, 11) is 0. The third kappa shape index (κ3) is 3.55. The van der Waals surface area contributed by atoms with Crippen molar-refractivity contribution in [3.8, 4) is 0 Å². The minimum Gasteiger partial charge on any atom is -0.339 e. The Morgan fingerprint density at radius 1 is 1.44 bits per heavy atom. The second kappa shape index (κ2) is 5.39. The first-order valence-corrected chi connectivity index (χ1v) is 6.99. The molecule has 4 heteroatoms. The van der Waals surface area contributed by atoms with E-state index in [4.69, 9.17) is 4.52 Å². The highest BCUT2D eigenvalue weighted by atomic mass is 16.5. The molecule has 0 amide bonds. The van der Waals surface area contributed by atoms with Crippen LogP contribution in [0.5, 0.6) is 0 Å². The number of hydrogen-bond acceptors (Lipinski definition) is 4. The van der Waals surface area contributed by atoms with Crippen molar-refractivity contribution in [2.24, 2.45) is 11.3 Å². The van der Waals surface area contributed by atoms with Gasteiger partial charge in [-0.2, -0.15) is 4.98 Å². The summed E-state index contributed by atoms with van der Waals surface area (Å²) < 4.78 is 5.11. The average molecular weight is 251 g/mol. The van der Waals surface area contributed by atoms with E-state index in [1.54, 1.807) is 0 Å². The molecule has 1 aromatic rings. The Labute approximate surface area is 110 Å². The van der Waals surface area contributed by atoms with Gasteiger partial charge >= 0.3 is 0 Å². The third-order valence-corrected chi connectivity index (χ3v) is 4.01. The van der Waals surface area contributed by atoms with Crippen LogP contribution in [0.1, 0.15) is 51.7 Å². The Morgan fingerprint density at radius 2 is 2.22 bits per heavy atom. The predicted molar refractivity (Wildman–Crippen MR) is 71.3 cm³/mol. The van der Waals surface area contributed by atoms with Crippen molar-refractivity contribution in [2.75, 3.05) is 6.54 Å². The van der Waals surface area contributed by atoms with Crippen LogP contribution in [0.3, 0.4) is 0 Å². The van der Waals surface area contributed by atoms with E-state index in [2.05, 4.69) is 36.2 Å². The first kappa shape index (κ1) is 13.5. The van der Waals surface area contributed by atoms with E-state index in [9.17, 15) is 0 Å². The van der Waals surface area contributed by atoms with E-state index < -0.39 is 0 Å². The lowest BCUT2D eigenvalue weighted by molar-refractivity contribution is 0.149. The van der Waals surface area contributed by atoms with Crippen LogP contribution in [0, 0.1) is 18.3 Å². The molecule has 4 nitrogen and oxygen atoms in total. The van der Waals surface area contributed by atoms with Crippen LogP contribution in [-0.2, 0) is 6.42 Å². The van der Waals surface area contributed by atoms with Gasteiger partial charge in [0, 0.05) is 19.0 Å². The fourth-order valence-corrected chi connectivity index (χ4v) is 3.06. The van der Waals surface area contributed by atoms with Gasteiger partial charge in [0.25, 0.3) is 0 Å². The Morgan fingerprint density at radius 3 is 2.83 bits per heavy atom. The molecule has 102 valence electrons. The fraction of sp³-hybridized carbons (Fsp3) is 0.857. The van der Waals surface area contributed by atoms with E-state index >= 15 is 0 Å². The zero-order valence-electron chi connectivity index (χ0n) is 12.0. The van der Waals surface area contributed by atoms with Crippen molar-refractivity contribution in [3.63, 3.8) is 0 Å². The van der Waals surface area contributed by atoms with Crippen molar-refractivity contribution in [1.29, 1.82) is 0 Å². The van der Waals surface area contributed by atoms with Crippen LogP contribution in [0.25, 0.3) is 0 Å². The maximum absolute atomic E-state index is 5.11. The number of hydrogen-bond donors (Lipinski definition) is 1. The normalized spacial score (nSPS) is 27.3. The molecule has 1 fully saturated rings. The van der Waals surface area contributed by atoms with Gasteiger partial charge in [0.2, 0.25) is 5.89 Å². The molecule has 0 spiro atoms. The molecular weight excluding hydrogens is 226 g/mol. The molecule has 1 aliphatic rings.